The molecule has 0 amide bonds. The highest BCUT2D eigenvalue weighted by molar-refractivity contribution is 5.85. The number of nitrogens with two attached hydrogens (primary N) is 1. The standard InChI is InChI=1S/C18H22N2O.ClH/c1-20-11-10-18(21-16-9-5-8-15(19)12-16)17(13-20)14-6-3-2-4-7-14;/h2-9,12,17-18H,10-11,13,19H2,1H3;1H. The number of hydrogen-bond acceptors (Lipinski definition) is 3. The molecule has 22 heavy (non-hydrogen) atoms. The van der Waals surface area contributed by atoms with Gasteiger partial charge in [-0.25, -0.2) is 0 Å². The number of nitrogens with zero attached hydrogens (tertiary/aromatic N) is 1. The minimum Gasteiger partial charge on any atom is -0.490 e. The van der Waals surface area contributed by atoms with Crippen molar-refractivity contribution in [3.8, 4) is 5.75 Å². The highest BCUT2D eigenvalue weighted by Crippen LogP contribution is 2.30. The van der Waals surface area contributed by atoms with Gasteiger partial charge in [0, 0.05) is 30.8 Å². The molecule has 118 valence electrons. The van der Waals surface area contributed by atoms with Crippen molar-refractivity contribution in [2.75, 3.05) is 25.9 Å². The molecule has 1 aliphatic heterocycles. The summed E-state index contributed by atoms with van der Waals surface area (Å²) >= 11 is 0. The Hall–Kier alpha value is -1.71. The van der Waals surface area contributed by atoms with Crippen molar-refractivity contribution in [1.29, 1.82) is 0 Å². The lowest BCUT2D eigenvalue weighted by Gasteiger charge is -2.37. The molecule has 2 unspecified atom stereocenters. The zero-order valence-electron chi connectivity index (χ0n) is 12.8. The summed E-state index contributed by atoms with van der Waals surface area (Å²) in [5.74, 6) is 1.26. The number of hydrogen-bond donors (Lipinski definition) is 1. The van der Waals surface area contributed by atoms with Crippen molar-refractivity contribution in [1.82, 2.24) is 4.90 Å². The Morgan fingerprint density at radius 3 is 2.59 bits per heavy atom. The maximum atomic E-state index is 6.24. The lowest BCUT2D eigenvalue weighted by Crippen LogP contribution is -2.42. The van der Waals surface area contributed by atoms with Gasteiger partial charge in [0.25, 0.3) is 0 Å². The zero-order valence-corrected chi connectivity index (χ0v) is 13.6. The van der Waals surface area contributed by atoms with E-state index in [0.717, 1.165) is 30.9 Å². The number of piperidine rings is 1. The normalized spacial score (nSPS) is 21.9. The Kier molecular flexibility index (Phi) is 5.69. The molecule has 3 nitrogen and oxygen atoms in total. The van der Waals surface area contributed by atoms with Gasteiger partial charge in [-0.05, 0) is 31.2 Å². The third-order valence-corrected chi connectivity index (χ3v) is 4.13. The molecule has 2 atom stereocenters. The van der Waals surface area contributed by atoms with Crippen molar-refractivity contribution >= 4 is 18.1 Å². The smallest absolute Gasteiger partial charge is 0.121 e. The van der Waals surface area contributed by atoms with E-state index < -0.39 is 0 Å². The largest absolute Gasteiger partial charge is 0.490 e. The van der Waals surface area contributed by atoms with Crippen molar-refractivity contribution < 1.29 is 4.74 Å². The van der Waals surface area contributed by atoms with Gasteiger partial charge in [0.05, 0.1) is 0 Å². The molecule has 2 N–H and O–H groups in total. The second kappa shape index (κ2) is 7.52. The van der Waals surface area contributed by atoms with Gasteiger partial charge >= 0.3 is 0 Å². The van der Waals surface area contributed by atoms with E-state index in [2.05, 4.69) is 42.3 Å². The second-order valence-corrected chi connectivity index (χ2v) is 5.80. The molecule has 0 aromatic heterocycles. The molecule has 3 rings (SSSR count). The summed E-state index contributed by atoms with van der Waals surface area (Å²) in [5, 5.41) is 0. The Balaban J connectivity index is 0.00000176. The van der Waals surface area contributed by atoms with Crippen LogP contribution in [0, 0.1) is 0 Å². The number of halogens is 1. The molecule has 1 aliphatic rings. The number of rotatable bonds is 3. The third kappa shape index (κ3) is 3.93. The molecule has 0 bridgehead atoms. The van der Waals surface area contributed by atoms with Crippen LogP contribution < -0.4 is 10.5 Å². The lowest BCUT2D eigenvalue weighted by atomic mass is 9.88. The second-order valence-electron chi connectivity index (χ2n) is 5.80. The van der Waals surface area contributed by atoms with Gasteiger partial charge in [0.15, 0.2) is 0 Å². The van der Waals surface area contributed by atoms with Crippen molar-refractivity contribution in [3.05, 3.63) is 60.2 Å². The molecular formula is C18H23ClN2O. The molecule has 0 aliphatic carbocycles. The minimum absolute atomic E-state index is 0. The first-order chi connectivity index (χ1) is 10.2. The highest BCUT2D eigenvalue weighted by atomic mass is 35.5. The first kappa shape index (κ1) is 16.7. The third-order valence-electron chi connectivity index (χ3n) is 4.13. The Morgan fingerprint density at radius 1 is 1.09 bits per heavy atom. The average molecular weight is 319 g/mol. The zero-order chi connectivity index (χ0) is 14.7. The number of likely N-dealkylation sites (N-methyl/N-ethyl adjacent to an activating group) is 1. The van der Waals surface area contributed by atoms with Crippen molar-refractivity contribution in [3.63, 3.8) is 0 Å². The fourth-order valence-corrected chi connectivity index (χ4v) is 3.02. The van der Waals surface area contributed by atoms with E-state index >= 15 is 0 Å². The number of nitrogen functional groups attached to an aromatic ring is 1. The van der Waals surface area contributed by atoms with Crippen LogP contribution in [0.4, 0.5) is 5.69 Å². The summed E-state index contributed by atoms with van der Waals surface area (Å²) in [5.41, 5.74) is 7.94. The number of ether oxygens (including phenoxy) is 1. The van der Waals surface area contributed by atoms with Crippen LogP contribution in [0.3, 0.4) is 0 Å². The van der Waals surface area contributed by atoms with E-state index in [1.165, 1.54) is 5.56 Å². The van der Waals surface area contributed by atoms with Crippen LogP contribution in [-0.4, -0.2) is 31.1 Å². The van der Waals surface area contributed by atoms with Crippen molar-refractivity contribution in [2.45, 2.75) is 18.4 Å². The molecule has 4 heteroatoms. The molecule has 1 saturated heterocycles. The van der Waals surface area contributed by atoms with Gasteiger partial charge in [-0.1, -0.05) is 36.4 Å². The number of benzene rings is 2. The van der Waals surface area contributed by atoms with Gasteiger partial charge in [0.2, 0.25) is 0 Å². The Labute approximate surface area is 138 Å². The van der Waals surface area contributed by atoms with Crippen LogP contribution in [0.1, 0.15) is 17.9 Å². The first-order valence-electron chi connectivity index (χ1n) is 7.48. The number of anilines is 1. The molecule has 1 heterocycles. The van der Waals surface area contributed by atoms with Gasteiger partial charge in [-0.3, -0.25) is 0 Å². The van der Waals surface area contributed by atoms with Crippen LogP contribution in [0.25, 0.3) is 0 Å². The molecule has 2 aromatic rings. The van der Waals surface area contributed by atoms with Crippen LogP contribution in [-0.2, 0) is 0 Å². The monoisotopic (exact) mass is 318 g/mol. The molecule has 1 fully saturated rings. The average Bonchev–Trinajstić information content (AvgIpc) is 2.50. The molecule has 2 aromatic carbocycles. The molecule has 0 saturated carbocycles. The number of likely N-dealkylation sites (tertiary alicyclic amines) is 1. The van der Waals surface area contributed by atoms with Gasteiger partial charge in [-0.2, -0.15) is 0 Å². The first-order valence-corrected chi connectivity index (χ1v) is 7.48. The lowest BCUT2D eigenvalue weighted by molar-refractivity contribution is 0.0903. The predicted octanol–water partition coefficient (Wildman–Crippen LogP) is 3.56. The summed E-state index contributed by atoms with van der Waals surface area (Å²) in [6.07, 6.45) is 1.23. The van der Waals surface area contributed by atoms with Crippen molar-refractivity contribution in [2.24, 2.45) is 0 Å². The minimum atomic E-state index is 0. The van der Waals surface area contributed by atoms with E-state index in [9.17, 15) is 0 Å². The molecular weight excluding hydrogens is 296 g/mol. The van der Waals surface area contributed by atoms with Crippen LogP contribution in [0.2, 0.25) is 0 Å². The highest BCUT2D eigenvalue weighted by Gasteiger charge is 2.30. The van der Waals surface area contributed by atoms with Gasteiger partial charge in [0.1, 0.15) is 11.9 Å². The maximum absolute atomic E-state index is 6.24. The Bertz CT molecular complexity index is 591. The summed E-state index contributed by atoms with van der Waals surface area (Å²) in [6.45, 7) is 2.09. The predicted molar refractivity (Wildman–Crippen MR) is 93.8 cm³/mol. The maximum Gasteiger partial charge on any atom is 0.121 e. The van der Waals surface area contributed by atoms with E-state index in [1.54, 1.807) is 0 Å². The van der Waals surface area contributed by atoms with Gasteiger partial charge < -0.3 is 15.4 Å². The molecule has 0 spiro atoms. The van der Waals surface area contributed by atoms with E-state index in [0.29, 0.717) is 5.92 Å². The SMILES string of the molecule is CN1CCC(Oc2cccc(N)c2)C(c2ccccc2)C1.Cl. The van der Waals surface area contributed by atoms with Crippen LogP contribution >= 0.6 is 12.4 Å². The van der Waals surface area contributed by atoms with Crippen LogP contribution in [0.5, 0.6) is 5.75 Å². The summed E-state index contributed by atoms with van der Waals surface area (Å²) in [4.78, 5) is 2.37. The Morgan fingerprint density at radius 2 is 1.86 bits per heavy atom. The van der Waals surface area contributed by atoms with E-state index in [1.807, 2.05) is 24.3 Å². The van der Waals surface area contributed by atoms with Gasteiger partial charge in [-0.15, -0.1) is 12.4 Å². The van der Waals surface area contributed by atoms with E-state index in [-0.39, 0.29) is 18.5 Å². The summed E-state index contributed by atoms with van der Waals surface area (Å²) < 4.78 is 6.24. The van der Waals surface area contributed by atoms with Crippen LogP contribution in [0.15, 0.2) is 54.6 Å². The quantitative estimate of drug-likeness (QED) is 0.879. The summed E-state index contributed by atoms with van der Waals surface area (Å²) in [6, 6.07) is 18.4. The fraction of sp³-hybridized carbons (Fsp3) is 0.333. The summed E-state index contributed by atoms with van der Waals surface area (Å²) in [7, 11) is 2.17. The molecule has 0 radical (unpaired) electrons. The fourth-order valence-electron chi connectivity index (χ4n) is 3.02. The topological polar surface area (TPSA) is 38.5 Å². The van der Waals surface area contributed by atoms with E-state index in [4.69, 9.17) is 10.5 Å².